The maximum absolute atomic E-state index is 11.5. The van der Waals surface area contributed by atoms with Crippen molar-refractivity contribution in [2.24, 2.45) is 0 Å². The van der Waals surface area contributed by atoms with E-state index in [4.69, 9.17) is 0 Å². The normalized spacial score (nSPS) is 16.1. The van der Waals surface area contributed by atoms with E-state index in [9.17, 15) is 4.79 Å². The summed E-state index contributed by atoms with van der Waals surface area (Å²) in [7, 11) is 3.48. The van der Waals surface area contributed by atoms with E-state index in [1.807, 2.05) is 13.0 Å². The van der Waals surface area contributed by atoms with Crippen molar-refractivity contribution in [3.05, 3.63) is 17.6 Å². The number of nitrogens with zero attached hydrogens (tertiary/aromatic N) is 3. The summed E-state index contributed by atoms with van der Waals surface area (Å²) in [6.07, 6.45) is 2.58. The van der Waals surface area contributed by atoms with Gasteiger partial charge in [-0.25, -0.2) is 14.8 Å². The fourth-order valence-corrected chi connectivity index (χ4v) is 2.08. The molecule has 1 aliphatic carbocycles. The molecule has 1 heterocycles. The Balaban J connectivity index is 1.98. The molecule has 1 atom stereocenters. The zero-order valence-electron chi connectivity index (χ0n) is 12.5. The third-order valence-corrected chi connectivity index (χ3v) is 3.62. The molecule has 0 saturated heterocycles. The number of carbonyl (C=O) groups is 1. The van der Waals surface area contributed by atoms with Gasteiger partial charge in [0.05, 0.1) is 7.11 Å². The van der Waals surface area contributed by atoms with E-state index < -0.39 is 5.97 Å². The number of hydrogen-bond donors (Lipinski definition) is 1. The van der Waals surface area contributed by atoms with Crippen molar-refractivity contribution in [2.45, 2.75) is 38.8 Å². The fraction of sp³-hybridized carbons (Fsp3) is 0.643. The number of hydrogen-bond acceptors (Lipinski definition) is 6. The summed E-state index contributed by atoms with van der Waals surface area (Å²) >= 11 is 0. The van der Waals surface area contributed by atoms with Crippen LogP contribution in [0.4, 0.5) is 5.82 Å². The Labute approximate surface area is 119 Å². The van der Waals surface area contributed by atoms with Crippen LogP contribution in [0.2, 0.25) is 0 Å². The molecule has 1 aliphatic rings. The van der Waals surface area contributed by atoms with Gasteiger partial charge in [0.1, 0.15) is 5.82 Å². The summed E-state index contributed by atoms with van der Waals surface area (Å²) in [6, 6.07) is 2.97. The molecule has 1 saturated carbocycles. The topological polar surface area (TPSA) is 67.3 Å². The molecule has 0 aromatic carbocycles. The first-order valence-corrected chi connectivity index (χ1v) is 6.91. The molecule has 1 unspecified atom stereocenters. The molecule has 6 heteroatoms. The number of rotatable bonds is 6. The lowest BCUT2D eigenvalue weighted by Gasteiger charge is -2.24. The SMILES string of the molecule is COC(=O)c1nc(C)cc(NCC(C)N(C)C2CC2)n1. The Bertz CT molecular complexity index is 488. The second kappa shape index (κ2) is 6.17. The van der Waals surface area contributed by atoms with E-state index >= 15 is 0 Å². The van der Waals surface area contributed by atoms with Crippen LogP contribution < -0.4 is 5.32 Å². The minimum Gasteiger partial charge on any atom is -0.463 e. The molecule has 1 fully saturated rings. The third-order valence-electron chi connectivity index (χ3n) is 3.62. The zero-order valence-corrected chi connectivity index (χ0v) is 12.5. The van der Waals surface area contributed by atoms with E-state index in [-0.39, 0.29) is 5.82 Å². The summed E-state index contributed by atoms with van der Waals surface area (Å²) in [5, 5.41) is 3.27. The van der Waals surface area contributed by atoms with Crippen LogP contribution in [0.25, 0.3) is 0 Å². The second-order valence-corrected chi connectivity index (χ2v) is 5.34. The van der Waals surface area contributed by atoms with Crippen LogP contribution in [-0.4, -0.2) is 53.6 Å². The molecule has 1 N–H and O–H groups in total. The van der Waals surface area contributed by atoms with Crippen molar-refractivity contribution in [3.63, 3.8) is 0 Å². The lowest BCUT2D eigenvalue weighted by molar-refractivity contribution is 0.0586. The van der Waals surface area contributed by atoms with Crippen LogP contribution in [0.15, 0.2) is 6.07 Å². The lowest BCUT2D eigenvalue weighted by atomic mass is 10.3. The number of aromatic nitrogens is 2. The highest BCUT2D eigenvalue weighted by Crippen LogP contribution is 2.26. The van der Waals surface area contributed by atoms with Gasteiger partial charge in [-0.2, -0.15) is 0 Å². The maximum Gasteiger partial charge on any atom is 0.376 e. The second-order valence-electron chi connectivity index (χ2n) is 5.34. The number of esters is 1. The first-order valence-electron chi connectivity index (χ1n) is 6.91. The predicted molar refractivity (Wildman–Crippen MR) is 76.8 cm³/mol. The Morgan fingerprint density at radius 2 is 2.25 bits per heavy atom. The van der Waals surface area contributed by atoms with Crippen molar-refractivity contribution in [3.8, 4) is 0 Å². The van der Waals surface area contributed by atoms with E-state index in [0.29, 0.717) is 11.9 Å². The number of methoxy groups -OCH3 is 1. The number of anilines is 1. The van der Waals surface area contributed by atoms with Crippen molar-refractivity contribution in [2.75, 3.05) is 26.0 Å². The van der Waals surface area contributed by atoms with Gasteiger partial charge in [-0.15, -0.1) is 0 Å². The monoisotopic (exact) mass is 278 g/mol. The Kier molecular flexibility index (Phi) is 4.54. The molecular weight excluding hydrogens is 256 g/mol. The Hall–Kier alpha value is -1.69. The van der Waals surface area contributed by atoms with Gasteiger partial charge >= 0.3 is 5.97 Å². The average molecular weight is 278 g/mol. The van der Waals surface area contributed by atoms with Crippen LogP contribution in [-0.2, 0) is 4.74 Å². The zero-order chi connectivity index (χ0) is 14.7. The summed E-state index contributed by atoms with van der Waals surface area (Å²) in [4.78, 5) is 22.1. The number of aryl methyl sites for hydroxylation is 1. The van der Waals surface area contributed by atoms with Crippen molar-refractivity contribution in [1.82, 2.24) is 14.9 Å². The average Bonchev–Trinajstić information content (AvgIpc) is 3.27. The van der Waals surface area contributed by atoms with E-state index in [1.165, 1.54) is 20.0 Å². The predicted octanol–water partition coefficient (Wildman–Crippen LogP) is 1.47. The minimum absolute atomic E-state index is 0.0956. The van der Waals surface area contributed by atoms with Crippen molar-refractivity contribution < 1.29 is 9.53 Å². The molecule has 0 radical (unpaired) electrons. The number of nitrogens with one attached hydrogen (secondary N) is 1. The molecule has 110 valence electrons. The summed E-state index contributed by atoms with van der Waals surface area (Å²) in [5.41, 5.74) is 0.742. The molecule has 0 aliphatic heterocycles. The van der Waals surface area contributed by atoms with Gasteiger partial charge in [0.15, 0.2) is 0 Å². The van der Waals surface area contributed by atoms with E-state index in [1.54, 1.807) is 0 Å². The van der Waals surface area contributed by atoms with Crippen LogP contribution in [0.3, 0.4) is 0 Å². The van der Waals surface area contributed by atoms with Gasteiger partial charge in [-0.3, -0.25) is 4.90 Å². The van der Waals surface area contributed by atoms with E-state index in [0.717, 1.165) is 18.3 Å². The van der Waals surface area contributed by atoms with Gasteiger partial charge in [-0.1, -0.05) is 0 Å². The molecule has 0 amide bonds. The molecule has 0 spiro atoms. The van der Waals surface area contributed by atoms with Gasteiger partial charge in [0.2, 0.25) is 5.82 Å². The summed E-state index contributed by atoms with van der Waals surface area (Å²) in [5.74, 6) is 0.243. The standard InChI is InChI=1S/C14H22N4O2/c1-9-7-12(17-13(16-9)14(19)20-4)15-8-10(2)18(3)11-5-6-11/h7,10-11H,5-6,8H2,1-4H3,(H,15,16,17). The first kappa shape index (κ1) is 14.7. The van der Waals surface area contributed by atoms with E-state index in [2.05, 4.69) is 38.9 Å². The summed E-state index contributed by atoms with van der Waals surface area (Å²) in [6.45, 7) is 4.80. The first-order chi connectivity index (χ1) is 9.51. The highest BCUT2D eigenvalue weighted by molar-refractivity contribution is 5.85. The van der Waals surface area contributed by atoms with Gasteiger partial charge in [0, 0.05) is 30.4 Å². The number of likely N-dealkylation sites (N-methyl/N-ethyl adjacent to an activating group) is 1. The molecular formula is C14H22N4O2. The largest absolute Gasteiger partial charge is 0.463 e. The van der Waals surface area contributed by atoms with Gasteiger partial charge in [0.25, 0.3) is 0 Å². The fourth-order valence-electron chi connectivity index (χ4n) is 2.08. The highest BCUT2D eigenvalue weighted by Gasteiger charge is 2.28. The molecule has 1 aromatic heterocycles. The van der Waals surface area contributed by atoms with Gasteiger partial charge in [-0.05, 0) is 33.7 Å². The Morgan fingerprint density at radius 1 is 1.55 bits per heavy atom. The number of ether oxygens (including phenoxy) is 1. The van der Waals surface area contributed by atoms with Crippen LogP contribution >= 0.6 is 0 Å². The maximum atomic E-state index is 11.5. The van der Waals surface area contributed by atoms with Crippen molar-refractivity contribution in [1.29, 1.82) is 0 Å². The Morgan fingerprint density at radius 3 is 2.85 bits per heavy atom. The molecule has 6 nitrogen and oxygen atoms in total. The third kappa shape index (κ3) is 3.66. The lowest BCUT2D eigenvalue weighted by Crippen LogP contribution is -2.36. The summed E-state index contributed by atoms with van der Waals surface area (Å²) < 4.78 is 4.65. The van der Waals surface area contributed by atoms with Crippen molar-refractivity contribution >= 4 is 11.8 Å². The van der Waals surface area contributed by atoms with Crippen LogP contribution in [0.5, 0.6) is 0 Å². The minimum atomic E-state index is -0.514. The van der Waals surface area contributed by atoms with Gasteiger partial charge < -0.3 is 10.1 Å². The van der Waals surface area contributed by atoms with Crippen LogP contribution in [0, 0.1) is 6.92 Å². The molecule has 0 bridgehead atoms. The smallest absolute Gasteiger partial charge is 0.376 e. The quantitative estimate of drug-likeness (QED) is 0.795. The molecule has 1 aromatic rings. The van der Waals surface area contributed by atoms with Crippen LogP contribution in [0.1, 0.15) is 36.1 Å². The molecule has 20 heavy (non-hydrogen) atoms. The number of carbonyl (C=O) groups excluding carboxylic acids is 1. The molecule has 2 rings (SSSR count). The highest BCUT2D eigenvalue weighted by atomic mass is 16.5.